The van der Waals surface area contributed by atoms with E-state index < -0.39 is 0 Å². The van der Waals surface area contributed by atoms with Gasteiger partial charge in [-0.3, -0.25) is 0 Å². The van der Waals surface area contributed by atoms with Gasteiger partial charge in [-0.25, -0.2) is 4.99 Å². The van der Waals surface area contributed by atoms with Gasteiger partial charge in [-0.1, -0.05) is 0 Å². The summed E-state index contributed by atoms with van der Waals surface area (Å²) >= 11 is 0. The quantitative estimate of drug-likeness (QED) is 0.480. The van der Waals surface area contributed by atoms with Crippen molar-refractivity contribution in [1.82, 2.24) is 0 Å². The van der Waals surface area contributed by atoms with E-state index in [1.54, 1.807) is 18.4 Å². The smallest absolute Gasteiger partial charge is 0.105 e. The minimum absolute atomic E-state index is 0.567. The van der Waals surface area contributed by atoms with Crippen LogP contribution in [0.25, 0.3) is 0 Å². The van der Waals surface area contributed by atoms with Crippen molar-refractivity contribution in [2.45, 2.75) is 6.42 Å². The van der Waals surface area contributed by atoms with Crippen molar-refractivity contribution in [3.8, 4) is 0 Å². The average molecular weight is 123 g/mol. The first-order chi connectivity index (χ1) is 4.29. The van der Waals surface area contributed by atoms with Crippen LogP contribution in [0.5, 0.6) is 0 Å². The number of hydrogen-bond donors (Lipinski definition) is 2. The summed E-state index contributed by atoms with van der Waals surface area (Å²) in [6, 6.07) is 0. The fraction of sp³-hybridized carbons (Fsp3) is 0.167. The van der Waals surface area contributed by atoms with Gasteiger partial charge in [0.2, 0.25) is 0 Å². The molecule has 0 aliphatic carbocycles. The van der Waals surface area contributed by atoms with E-state index in [2.05, 4.69) is 4.99 Å². The van der Waals surface area contributed by atoms with Gasteiger partial charge in [0.25, 0.3) is 0 Å². The van der Waals surface area contributed by atoms with Crippen LogP contribution in [0.15, 0.2) is 29.0 Å². The van der Waals surface area contributed by atoms with E-state index in [9.17, 15) is 0 Å². The molecule has 1 aliphatic heterocycles. The molecule has 3 heteroatoms. The number of nitrogens with zero attached hydrogens (tertiary/aromatic N) is 1. The number of amidine groups is 1. The van der Waals surface area contributed by atoms with E-state index >= 15 is 0 Å². The van der Waals surface area contributed by atoms with Crippen molar-refractivity contribution in [2.75, 3.05) is 0 Å². The predicted molar refractivity (Wildman–Crippen MR) is 37.6 cm³/mol. The van der Waals surface area contributed by atoms with E-state index in [1.807, 2.05) is 0 Å². The maximum Gasteiger partial charge on any atom is 0.105 e. The molecule has 0 amide bonds. The monoisotopic (exact) mass is 123 g/mol. The van der Waals surface area contributed by atoms with Gasteiger partial charge >= 0.3 is 0 Å². The van der Waals surface area contributed by atoms with Crippen LogP contribution in [0, 0.1) is 0 Å². The molecule has 48 valence electrons. The molecule has 4 N–H and O–H groups in total. The van der Waals surface area contributed by atoms with Gasteiger partial charge in [0.1, 0.15) is 5.84 Å². The summed E-state index contributed by atoms with van der Waals surface area (Å²) < 4.78 is 0. The van der Waals surface area contributed by atoms with Crippen molar-refractivity contribution in [2.24, 2.45) is 16.5 Å². The Balaban J connectivity index is 2.77. The highest BCUT2D eigenvalue weighted by molar-refractivity contribution is 5.83. The van der Waals surface area contributed by atoms with Gasteiger partial charge in [0, 0.05) is 18.3 Å². The van der Waals surface area contributed by atoms with Gasteiger partial charge in [-0.15, -0.1) is 0 Å². The Kier molecular flexibility index (Phi) is 1.53. The second-order valence-electron chi connectivity index (χ2n) is 1.88. The van der Waals surface area contributed by atoms with Crippen LogP contribution in [-0.2, 0) is 0 Å². The van der Waals surface area contributed by atoms with Crippen LogP contribution in [0.3, 0.4) is 0 Å². The zero-order chi connectivity index (χ0) is 6.69. The molecule has 1 rings (SSSR count). The molecule has 1 aliphatic rings. The van der Waals surface area contributed by atoms with Crippen molar-refractivity contribution in [1.29, 1.82) is 0 Å². The molecule has 0 radical (unpaired) electrons. The van der Waals surface area contributed by atoms with Gasteiger partial charge < -0.3 is 11.5 Å². The molecule has 0 aromatic carbocycles. The summed E-state index contributed by atoms with van der Waals surface area (Å²) in [5.41, 5.74) is 11.6. The molecule has 0 saturated heterocycles. The van der Waals surface area contributed by atoms with E-state index in [-0.39, 0.29) is 0 Å². The van der Waals surface area contributed by atoms with Crippen molar-refractivity contribution in [3.05, 3.63) is 24.0 Å². The lowest BCUT2D eigenvalue weighted by molar-refractivity contribution is 1.19. The fourth-order valence-electron chi connectivity index (χ4n) is 0.619. The molecule has 0 aromatic heterocycles. The van der Waals surface area contributed by atoms with E-state index in [1.165, 1.54) is 0 Å². The fourth-order valence-corrected chi connectivity index (χ4v) is 0.619. The third-order valence-corrected chi connectivity index (χ3v) is 1.02. The summed E-state index contributed by atoms with van der Waals surface area (Å²) in [6.07, 6.45) is 5.78. The summed E-state index contributed by atoms with van der Waals surface area (Å²) in [5.74, 6) is 0.567. The van der Waals surface area contributed by atoms with Crippen LogP contribution >= 0.6 is 0 Å². The second kappa shape index (κ2) is 2.35. The Morgan fingerprint density at radius 1 is 1.44 bits per heavy atom. The largest absolute Gasteiger partial charge is 0.402 e. The Labute approximate surface area is 53.8 Å². The van der Waals surface area contributed by atoms with Crippen molar-refractivity contribution < 1.29 is 0 Å². The zero-order valence-electron chi connectivity index (χ0n) is 5.04. The van der Waals surface area contributed by atoms with Crippen LogP contribution in [0.4, 0.5) is 0 Å². The van der Waals surface area contributed by atoms with Gasteiger partial charge in [-0.2, -0.15) is 0 Å². The lowest BCUT2D eigenvalue weighted by Gasteiger charge is -1.94. The molecule has 0 saturated carbocycles. The van der Waals surface area contributed by atoms with Crippen molar-refractivity contribution >= 4 is 5.84 Å². The minimum atomic E-state index is 0.567. The minimum Gasteiger partial charge on any atom is -0.402 e. The molecule has 0 atom stereocenters. The van der Waals surface area contributed by atoms with E-state index in [0.29, 0.717) is 12.3 Å². The summed E-state index contributed by atoms with van der Waals surface area (Å²) in [4.78, 5) is 3.86. The molecule has 0 bridgehead atoms. The molecular formula is C6H9N3. The topological polar surface area (TPSA) is 64.4 Å². The molecule has 0 unspecified atom stereocenters. The Bertz CT molecular complexity index is 168. The second-order valence-corrected chi connectivity index (χ2v) is 1.88. The molecule has 9 heavy (non-hydrogen) atoms. The molecular weight excluding hydrogens is 114 g/mol. The third-order valence-electron chi connectivity index (χ3n) is 1.02. The zero-order valence-corrected chi connectivity index (χ0v) is 5.04. The predicted octanol–water partition coefficient (Wildman–Crippen LogP) is 0.104. The van der Waals surface area contributed by atoms with Gasteiger partial charge in [0.05, 0.1) is 0 Å². The number of rotatable bonds is 0. The van der Waals surface area contributed by atoms with Crippen LogP contribution < -0.4 is 11.5 Å². The highest BCUT2D eigenvalue weighted by Crippen LogP contribution is 1.97. The summed E-state index contributed by atoms with van der Waals surface area (Å²) in [6.45, 7) is 0. The number of allylic oxidation sites excluding steroid dienone is 2. The molecule has 1 heterocycles. The molecule has 0 aromatic rings. The lowest BCUT2D eigenvalue weighted by atomic mass is 10.3. The maximum atomic E-state index is 5.47. The molecule has 0 spiro atoms. The maximum absolute atomic E-state index is 5.47. The lowest BCUT2D eigenvalue weighted by Crippen LogP contribution is -2.14. The molecule has 3 nitrogen and oxygen atoms in total. The number of nitrogens with two attached hydrogens (primary N) is 2. The van der Waals surface area contributed by atoms with Gasteiger partial charge in [-0.05, 0) is 12.2 Å². The SMILES string of the molecule is NC1=CC=CN=C(N)C1. The van der Waals surface area contributed by atoms with Crippen LogP contribution in [-0.4, -0.2) is 5.84 Å². The molecule has 0 fully saturated rings. The normalized spacial score (nSPS) is 18.2. The standard InChI is InChI=1S/C6H9N3/c7-5-2-1-3-9-6(8)4-5/h1-3H,4,7H2,(H2,8,9). The number of hydrogen-bond acceptors (Lipinski definition) is 3. The summed E-state index contributed by atoms with van der Waals surface area (Å²) in [7, 11) is 0. The number of aliphatic imine (C=N–C) groups is 1. The first-order valence-corrected chi connectivity index (χ1v) is 2.72. The van der Waals surface area contributed by atoms with Crippen LogP contribution in [0.1, 0.15) is 6.42 Å². The first kappa shape index (κ1) is 5.88. The summed E-state index contributed by atoms with van der Waals surface area (Å²) in [5, 5.41) is 0. The Morgan fingerprint density at radius 3 is 3.00 bits per heavy atom. The average Bonchev–Trinajstić information content (AvgIpc) is 1.93. The van der Waals surface area contributed by atoms with Crippen LogP contribution in [0.2, 0.25) is 0 Å². The first-order valence-electron chi connectivity index (χ1n) is 2.72. The van der Waals surface area contributed by atoms with E-state index in [0.717, 1.165) is 5.70 Å². The van der Waals surface area contributed by atoms with E-state index in [4.69, 9.17) is 11.5 Å². The highest BCUT2D eigenvalue weighted by Gasteiger charge is 1.94. The van der Waals surface area contributed by atoms with Gasteiger partial charge in [0.15, 0.2) is 0 Å². The Hall–Kier alpha value is -1.25. The van der Waals surface area contributed by atoms with Crippen molar-refractivity contribution in [3.63, 3.8) is 0 Å². The highest BCUT2D eigenvalue weighted by atomic mass is 14.8. The Morgan fingerprint density at radius 2 is 2.22 bits per heavy atom. The third kappa shape index (κ3) is 1.60.